The molecule has 140 valence electrons. The van der Waals surface area contributed by atoms with Gasteiger partial charge in [0.2, 0.25) is 0 Å². The number of imidazole rings is 1. The molecule has 2 saturated heterocycles. The highest BCUT2D eigenvalue weighted by molar-refractivity contribution is 6.62. The minimum Gasteiger partial charge on any atom is -0.399 e. The molecule has 26 heavy (non-hydrogen) atoms. The van der Waals surface area contributed by atoms with Gasteiger partial charge in [-0.3, -0.25) is 0 Å². The number of benzene rings is 1. The Labute approximate surface area is 156 Å². The van der Waals surface area contributed by atoms with Crippen LogP contribution in [0.25, 0.3) is 11.0 Å². The van der Waals surface area contributed by atoms with Gasteiger partial charge in [0.1, 0.15) is 5.82 Å². The fourth-order valence-electron chi connectivity index (χ4n) is 3.92. The van der Waals surface area contributed by atoms with E-state index in [0.717, 1.165) is 29.9 Å². The highest BCUT2D eigenvalue weighted by Gasteiger charge is 2.51. The molecule has 2 fully saturated rings. The Morgan fingerprint density at radius 3 is 2.35 bits per heavy atom. The molecule has 0 bridgehead atoms. The molecule has 2 aliphatic heterocycles. The molecule has 0 saturated carbocycles. The molecule has 5 nitrogen and oxygen atoms in total. The van der Waals surface area contributed by atoms with Crippen LogP contribution >= 0.6 is 0 Å². The molecule has 0 unspecified atom stereocenters. The summed E-state index contributed by atoms with van der Waals surface area (Å²) in [6.45, 7) is 15.0. The second-order valence-electron chi connectivity index (χ2n) is 8.70. The second kappa shape index (κ2) is 6.36. The molecule has 2 aliphatic rings. The molecule has 3 heterocycles. The first-order chi connectivity index (χ1) is 12.3. The number of rotatable bonds is 4. The molecule has 2 aromatic rings. The second-order valence-corrected chi connectivity index (χ2v) is 8.70. The van der Waals surface area contributed by atoms with Crippen molar-refractivity contribution in [3.05, 3.63) is 24.0 Å². The van der Waals surface area contributed by atoms with E-state index in [0.29, 0.717) is 0 Å². The lowest BCUT2D eigenvalue weighted by Gasteiger charge is -2.32. The molecule has 4 rings (SSSR count). The standard InChI is InChI=1S/C20H30BN3O2/c1-15-22-17-9-8-16(21-25-19(2,3)20(4,5)26-21)14-18(17)24(15)13-12-23-10-6-7-11-23/h8-9,14H,6-7,10-13H2,1-5H3. The number of fused-ring (bicyclic) bond motifs is 1. The Morgan fingerprint density at radius 2 is 1.69 bits per heavy atom. The predicted molar refractivity (Wildman–Crippen MR) is 106 cm³/mol. The van der Waals surface area contributed by atoms with Crippen molar-refractivity contribution in [2.45, 2.75) is 65.2 Å². The maximum Gasteiger partial charge on any atom is 0.494 e. The van der Waals surface area contributed by atoms with Crippen molar-refractivity contribution in [2.75, 3.05) is 19.6 Å². The van der Waals surface area contributed by atoms with Crippen molar-refractivity contribution in [3.63, 3.8) is 0 Å². The van der Waals surface area contributed by atoms with Gasteiger partial charge in [-0.05, 0) is 78.1 Å². The lowest BCUT2D eigenvalue weighted by Crippen LogP contribution is -2.41. The molecule has 1 aromatic carbocycles. The summed E-state index contributed by atoms with van der Waals surface area (Å²) >= 11 is 0. The van der Waals surface area contributed by atoms with E-state index in [2.05, 4.69) is 62.3 Å². The average molecular weight is 355 g/mol. The molecule has 6 heteroatoms. The fraction of sp³-hybridized carbons (Fsp3) is 0.650. The Morgan fingerprint density at radius 1 is 1.04 bits per heavy atom. The minimum atomic E-state index is -0.327. The number of aromatic nitrogens is 2. The van der Waals surface area contributed by atoms with Crippen molar-refractivity contribution in [1.82, 2.24) is 14.5 Å². The van der Waals surface area contributed by atoms with E-state index < -0.39 is 0 Å². The Kier molecular flexibility index (Phi) is 4.41. The number of likely N-dealkylation sites (tertiary alicyclic amines) is 1. The largest absolute Gasteiger partial charge is 0.494 e. The van der Waals surface area contributed by atoms with Crippen LogP contribution in [0.2, 0.25) is 0 Å². The highest BCUT2D eigenvalue weighted by Crippen LogP contribution is 2.36. The first kappa shape index (κ1) is 18.0. The van der Waals surface area contributed by atoms with E-state index in [4.69, 9.17) is 14.3 Å². The minimum absolute atomic E-state index is 0.321. The van der Waals surface area contributed by atoms with E-state index in [1.54, 1.807) is 0 Å². The van der Waals surface area contributed by atoms with Crippen molar-refractivity contribution < 1.29 is 9.31 Å². The van der Waals surface area contributed by atoms with Crippen LogP contribution < -0.4 is 5.46 Å². The SMILES string of the molecule is Cc1nc2ccc(B3OC(C)(C)C(C)(C)O3)cc2n1CCN1CCCC1. The summed E-state index contributed by atoms with van der Waals surface area (Å²) in [6.07, 6.45) is 2.66. The Bertz CT molecular complexity index is 793. The maximum atomic E-state index is 6.23. The molecular formula is C20H30BN3O2. The zero-order valence-electron chi connectivity index (χ0n) is 16.7. The summed E-state index contributed by atoms with van der Waals surface area (Å²) in [6, 6.07) is 6.37. The van der Waals surface area contributed by atoms with Gasteiger partial charge < -0.3 is 18.8 Å². The summed E-state index contributed by atoms with van der Waals surface area (Å²) in [4.78, 5) is 7.29. The van der Waals surface area contributed by atoms with Gasteiger partial charge in [0, 0.05) is 13.1 Å². The predicted octanol–water partition coefficient (Wildman–Crippen LogP) is 2.74. The first-order valence-corrected chi connectivity index (χ1v) is 9.82. The third-order valence-electron chi connectivity index (χ3n) is 6.33. The van der Waals surface area contributed by atoms with Gasteiger partial charge in [0.25, 0.3) is 0 Å². The third kappa shape index (κ3) is 3.08. The lowest BCUT2D eigenvalue weighted by atomic mass is 9.79. The Balaban J connectivity index is 1.61. The lowest BCUT2D eigenvalue weighted by molar-refractivity contribution is 0.00578. The number of hydrogen-bond donors (Lipinski definition) is 0. The average Bonchev–Trinajstić information content (AvgIpc) is 3.22. The van der Waals surface area contributed by atoms with Crippen LogP contribution in [-0.2, 0) is 15.9 Å². The quantitative estimate of drug-likeness (QED) is 0.791. The number of nitrogens with zero attached hydrogens (tertiary/aromatic N) is 3. The number of aryl methyl sites for hydroxylation is 1. The van der Waals surface area contributed by atoms with E-state index in [1.807, 2.05) is 0 Å². The van der Waals surface area contributed by atoms with Gasteiger partial charge in [-0.15, -0.1) is 0 Å². The van der Waals surface area contributed by atoms with Crippen LogP contribution in [0, 0.1) is 6.92 Å². The van der Waals surface area contributed by atoms with Gasteiger partial charge in [0.15, 0.2) is 0 Å². The molecule has 0 aliphatic carbocycles. The van der Waals surface area contributed by atoms with Crippen LogP contribution in [0.15, 0.2) is 18.2 Å². The summed E-state index contributed by atoms with van der Waals surface area (Å²) in [7, 11) is -0.327. The van der Waals surface area contributed by atoms with Crippen LogP contribution in [0.4, 0.5) is 0 Å². The van der Waals surface area contributed by atoms with E-state index >= 15 is 0 Å². The monoisotopic (exact) mass is 355 g/mol. The highest BCUT2D eigenvalue weighted by atomic mass is 16.7. The molecule has 0 spiro atoms. The van der Waals surface area contributed by atoms with Gasteiger partial charge in [0.05, 0.1) is 22.2 Å². The van der Waals surface area contributed by atoms with E-state index in [9.17, 15) is 0 Å². The van der Waals surface area contributed by atoms with Crippen molar-refractivity contribution in [1.29, 1.82) is 0 Å². The van der Waals surface area contributed by atoms with E-state index in [-0.39, 0.29) is 18.3 Å². The van der Waals surface area contributed by atoms with Crippen LogP contribution in [0.1, 0.15) is 46.4 Å². The molecular weight excluding hydrogens is 325 g/mol. The van der Waals surface area contributed by atoms with Crippen LogP contribution in [0.3, 0.4) is 0 Å². The van der Waals surface area contributed by atoms with Gasteiger partial charge in [-0.1, -0.05) is 6.07 Å². The van der Waals surface area contributed by atoms with Crippen molar-refractivity contribution in [2.24, 2.45) is 0 Å². The zero-order valence-corrected chi connectivity index (χ0v) is 16.7. The number of hydrogen-bond acceptors (Lipinski definition) is 4. The first-order valence-electron chi connectivity index (χ1n) is 9.82. The fourth-order valence-corrected chi connectivity index (χ4v) is 3.92. The van der Waals surface area contributed by atoms with Gasteiger partial charge >= 0.3 is 7.12 Å². The third-order valence-corrected chi connectivity index (χ3v) is 6.33. The topological polar surface area (TPSA) is 39.5 Å². The van der Waals surface area contributed by atoms with Crippen LogP contribution in [0.5, 0.6) is 0 Å². The van der Waals surface area contributed by atoms with Crippen molar-refractivity contribution >= 4 is 23.6 Å². The molecule has 0 N–H and O–H groups in total. The smallest absolute Gasteiger partial charge is 0.399 e. The van der Waals surface area contributed by atoms with Gasteiger partial charge in [-0.25, -0.2) is 4.98 Å². The normalized spacial score (nSPS) is 22.6. The summed E-state index contributed by atoms with van der Waals surface area (Å²) in [5.41, 5.74) is 2.65. The van der Waals surface area contributed by atoms with Crippen LogP contribution in [-0.4, -0.2) is 52.4 Å². The molecule has 0 amide bonds. The summed E-state index contributed by atoms with van der Waals surface area (Å²) in [5.74, 6) is 1.07. The molecule has 0 radical (unpaired) electrons. The van der Waals surface area contributed by atoms with Crippen molar-refractivity contribution in [3.8, 4) is 0 Å². The molecule has 1 aromatic heterocycles. The summed E-state index contributed by atoms with van der Waals surface area (Å²) in [5, 5.41) is 0. The summed E-state index contributed by atoms with van der Waals surface area (Å²) < 4.78 is 14.8. The Hall–Kier alpha value is -1.37. The van der Waals surface area contributed by atoms with E-state index in [1.165, 1.54) is 31.4 Å². The van der Waals surface area contributed by atoms with Gasteiger partial charge in [-0.2, -0.15) is 0 Å². The molecule has 0 atom stereocenters. The maximum absolute atomic E-state index is 6.23. The zero-order chi connectivity index (χ0) is 18.5.